The Kier molecular flexibility index (Phi) is 4.95. The van der Waals surface area contributed by atoms with Crippen molar-refractivity contribution < 1.29 is 15.2 Å². The quantitative estimate of drug-likeness (QED) is 0.497. The first-order chi connectivity index (χ1) is 9.25. The van der Waals surface area contributed by atoms with Gasteiger partial charge in [0.2, 0.25) is 11.4 Å². The van der Waals surface area contributed by atoms with Crippen molar-refractivity contribution >= 4 is 17.4 Å². The Bertz CT molecular complexity index is 683. The van der Waals surface area contributed by atoms with Gasteiger partial charge in [-0.1, -0.05) is 19.0 Å². The highest BCUT2D eigenvalue weighted by atomic mass is 35.5. The first kappa shape index (κ1) is 17.4. The van der Waals surface area contributed by atoms with Crippen molar-refractivity contribution in [1.82, 2.24) is 9.78 Å². The monoisotopic (exact) mass is 314 g/mol. The van der Waals surface area contributed by atoms with Crippen LogP contribution in [0.1, 0.15) is 24.2 Å². The van der Waals surface area contributed by atoms with Crippen LogP contribution < -0.4 is 9.96 Å². The summed E-state index contributed by atoms with van der Waals surface area (Å²) in [6, 6.07) is 1.68. The molecular formula is C13H19ClN4O3. The molecular weight excluding hydrogens is 296 g/mol. The zero-order valence-corrected chi connectivity index (χ0v) is 12.3. The van der Waals surface area contributed by atoms with Crippen LogP contribution in [0.4, 0.5) is 5.82 Å². The summed E-state index contributed by atoms with van der Waals surface area (Å²) in [5.41, 5.74) is 2.14. The first-order valence-corrected chi connectivity index (χ1v) is 6.30. The molecule has 0 amide bonds. The summed E-state index contributed by atoms with van der Waals surface area (Å²) < 4.78 is 1.95. The molecule has 2 aromatic rings. The maximum absolute atomic E-state index is 12.3. The molecule has 0 bridgehead atoms. The molecule has 0 aliphatic heterocycles. The van der Waals surface area contributed by atoms with Gasteiger partial charge >= 0.3 is 0 Å². The number of rotatable bonds is 2. The first-order valence-electron chi connectivity index (χ1n) is 5.92. The number of pyridine rings is 1. The van der Waals surface area contributed by atoms with Crippen LogP contribution in [0.15, 0.2) is 6.07 Å². The van der Waals surface area contributed by atoms with Crippen LogP contribution in [0.2, 0.25) is 5.02 Å². The fraction of sp³-hybridized carbons (Fsp3) is 0.385. The SMILES string of the molecule is C.Cc1cc(Cl)c(C)[n+]([O-])c1-c1nn(C)c([NH+]([O-])O)c1C. The van der Waals surface area contributed by atoms with Gasteiger partial charge in [-0.15, -0.1) is 0 Å². The molecule has 2 heterocycles. The van der Waals surface area contributed by atoms with Crippen molar-refractivity contribution in [2.45, 2.75) is 28.2 Å². The third-order valence-electron chi connectivity index (χ3n) is 3.28. The van der Waals surface area contributed by atoms with E-state index in [4.69, 9.17) is 11.6 Å². The highest BCUT2D eigenvalue weighted by molar-refractivity contribution is 6.31. The molecule has 1 atom stereocenters. The van der Waals surface area contributed by atoms with Gasteiger partial charge in [0.05, 0.1) is 5.56 Å². The summed E-state index contributed by atoms with van der Waals surface area (Å²) in [4.78, 5) is 0. The maximum Gasteiger partial charge on any atom is 0.261 e. The van der Waals surface area contributed by atoms with Crippen LogP contribution in [-0.4, -0.2) is 15.0 Å². The molecule has 116 valence electrons. The fourth-order valence-electron chi connectivity index (χ4n) is 2.22. The molecule has 0 radical (unpaired) electrons. The molecule has 2 rings (SSSR count). The van der Waals surface area contributed by atoms with Gasteiger partial charge in [-0.3, -0.25) is 0 Å². The number of hydrogen-bond donors (Lipinski definition) is 2. The molecule has 21 heavy (non-hydrogen) atoms. The topological polar surface area (TPSA) is 92.5 Å². The summed E-state index contributed by atoms with van der Waals surface area (Å²) in [7, 11) is 1.53. The molecule has 0 saturated heterocycles. The van der Waals surface area contributed by atoms with Crippen LogP contribution in [0, 0.1) is 31.2 Å². The maximum atomic E-state index is 12.3. The van der Waals surface area contributed by atoms with Crippen LogP contribution in [0.25, 0.3) is 11.4 Å². The average Bonchev–Trinajstić information content (AvgIpc) is 2.62. The number of quaternary nitrogens is 1. The molecule has 0 saturated carbocycles. The third-order valence-corrected chi connectivity index (χ3v) is 3.66. The van der Waals surface area contributed by atoms with Gasteiger partial charge in [-0.2, -0.15) is 15.1 Å². The normalized spacial score (nSPS) is 12.1. The van der Waals surface area contributed by atoms with Crippen LogP contribution >= 0.6 is 11.6 Å². The number of nitrogens with one attached hydrogen (secondary N) is 1. The molecule has 0 aliphatic rings. The zero-order valence-electron chi connectivity index (χ0n) is 11.6. The van der Waals surface area contributed by atoms with E-state index in [1.165, 1.54) is 11.7 Å². The molecule has 0 spiro atoms. The van der Waals surface area contributed by atoms with Gasteiger partial charge in [0, 0.05) is 19.5 Å². The van der Waals surface area contributed by atoms with E-state index in [1.807, 2.05) is 0 Å². The van der Waals surface area contributed by atoms with Crippen LogP contribution in [0.5, 0.6) is 0 Å². The summed E-state index contributed by atoms with van der Waals surface area (Å²) in [5.74, 6) is 0.0620. The van der Waals surface area contributed by atoms with E-state index < -0.39 is 5.23 Å². The van der Waals surface area contributed by atoms with Crippen LogP contribution in [0.3, 0.4) is 0 Å². The Morgan fingerprint density at radius 2 is 1.95 bits per heavy atom. The number of aryl methyl sites for hydroxylation is 2. The lowest BCUT2D eigenvalue weighted by Crippen LogP contribution is -3.00. The number of aromatic nitrogens is 3. The molecule has 2 aromatic heterocycles. The molecule has 0 aromatic carbocycles. The molecule has 1 unspecified atom stereocenters. The summed E-state index contributed by atoms with van der Waals surface area (Å²) in [6.45, 7) is 4.98. The Morgan fingerprint density at radius 3 is 2.43 bits per heavy atom. The van der Waals surface area contributed by atoms with Gasteiger partial charge in [-0.05, 0) is 19.9 Å². The third kappa shape index (κ3) is 2.73. The lowest BCUT2D eigenvalue weighted by Gasteiger charge is -2.12. The Labute approximate surface area is 128 Å². The standard InChI is InChI=1S/C12H15ClN4O3.CH4/c1-6-5-9(13)8(3)16(18)11(6)10-7(2)12(17(19)20)15(4)14-10;/h5,17,19H,1-4H3;1H4. The lowest BCUT2D eigenvalue weighted by molar-refractivity contribution is -0.994. The second-order valence-corrected chi connectivity index (χ2v) is 5.06. The van der Waals surface area contributed by atoms with E-state index in [2.05, 4.69) is 5.10 Å². The highest BCUT2D eigenvalue weighted by Crippen LogP contribution is 2.28. The largest absolute Gasteiger partial charge is 0.618 e. The van der Waals surface area contributed by atoms with E-state index in [0.29, 0.717) is 38.0 Å². The molecule has 0 aliphatic carbocycles. The summed E-state index contributed by atoms with van der Waals surface area (Å²) >= 11 is 5.96. The second-order valence-electron chi connectivity index (χ2n) is 4.65. The van der Waals surface area contributed by atoms with Gasteiger partial charge in [0.1, 0.15) is 5.02 Å². The van der Waals surface area contributed by atoms with E-state index in [-0.39, 0.29) is 13.2 Å². The minimum absolute atomic E-state index is 0. The van der Waals surface area contributed by atoms with Crippen molar-refractivity contribution in [1.29, 1.82) is 0 Å². The lowest BCUT2D eigenvalue weighted by atomic mass is 10.1. The molecule has 2 N–H and O–H groups in total. The number of halogens is 1. The molecule has 8 heteroatoms. The van der Waals surface area contributed by atoms with E-state index >= 15 is 0 Å². The van der Waals surface area contributed by atoms with Crippen molar-refractivity contribution in [3.63, 3.8) is 0 Å². The predicted molar refractivity (Wildman–Crippen MR) is 79.3 cm³/mol. The number of hydrogen-bond acceptors (Lipinski definition) is 4. The van der Waals surface area contributed by atoms with E-state index in [9.17, 15) is 15.6 Å². The predicted octanol–water partition coefficient (Wildman–Crippen LogP) is 1.34. The molecule has 0 fully saturated rings. The van der Waals surface area contributed by atoms with Gasteiger partial charge in [0.15, 0.2) is 5.69 Å². The Morgan fingerprint density at radius 1 is 1.38 bits per heavy atom. The highest BCUT2D eigenvalue weighted by Gasteiger charge is 2.27. The minimum Gasteiger partial charge on any atom is -0.618 e. The van der Waals surface area contributed by atoms with Crippen molar-refractivity contribution in [2.75, 3.05) is 0 Å². The summed E-state index contributed by atoms with van der Waals surface area (Å²) in [6.07, 6.45) is 0. The van der Waals surface area contributed by atoms with Crippen molar-refractivity contribution in [2.24, 2.45) is 7.05 Å². The number of nitrogens with zero attached hydrogens (tertiary/aromatic N) is 3. The van der Waals surface area contributed by atoms with Gasteiger partial charge < -0.3 is 10.4 Å². The molecule has 7 nitrogen and oxygen atoms in total. The summed E-state index contributed by atoms with van der Waals surface area (Å²) in [5, 5.41) is 36.1. The average molecular weight is 315 g/mol. The van der Waals surface area contributed by atoms with E-state index in [1.54, 1.807) is 26.8 Å². The minimum atomic E-state index is -1.08. The van der Waals surface area contributed by atoms with Crippen molar-refractivity contribution in [3.05, 3.63) is 38.3 Å². The zero-order chi connectivity index (χ0) is 15.2. The van der Waals surface area contributed by atoms with Gasteiger partial charge in [0.25, 0.3) is 5.82 Å². The fourth-order valence-corrected chi connectivity index (χ4v) is 2.46. The Balaban J connectivity index is 0.00000220. The van der Waals surface area contributed by atoms with Crippen LogP contribution in [-0.2, 0) is 7.05 Å². The Hall–Kier alpha value is -1.67. The van der Waals surface area contributed by atoms with Crippen molar-refractivity contribution in [3.8, 4) is 11.4 Å². The van der Waals surface area contributed by atoms with Gasteiger partial charge in [-0.25, -0.2) is 9.89 Å². The smallest absolute Gasteiger partial charge is 0.261 e. The van der Waals surface area contributed by atoms with E-state index in [0.717, 1.165) is 0 Å². The second kappa shape index (κ2) is 5.98.